The number of thiazole rings is 1. The molecule has 66 valence electrons. The number of hydrogen-bond donors (Lipinski definition) is 0. The molecule has 0 N–H and O–H groups in total. The van der Waals surface area contributed by atoms with Crippen LogP contribution in [0.3, 0.4) is 0 Å². The van der Waals surface area contributed by atoms with Crippen molar-refractivity contribution in [2.75, 3.05) is 0 Å². The lowest BCUT2D eigenvalue weighted by Gasteiger charge is -2.01. The molecule has 0 fully saturated rings. The molecule has 0 unspecified atom stereocenters. The van der Waals surface area contributed by atoms with Gasteiger partial charge in [0.15, 0.2) is 0 Å². The van der Waals surface area contributed by atoms with Gasteiger partial charge in [-0.1, -0.05) is 0 Å². The molecule has 4 heteroatoms. The summed E-state index contributed by atoms with van der Waals surface area (Å²) in [6.07, 6.45) is 3.50. The molecule has 13 heavy (non-hydrogen) atoms. The summed E-state index contributed by atoms with van der Waals surface area (Å²) in [7, 11) is 0. The van der Waals surface area contributed by atoms with E-state index in [1.54, 1.807) is 17.9 Å². The Morgan fingerprint density at radius 2 is 2.15 bits per heavy atom. The summed E-state index contributed by atoms with van der Waals surface area (Å²) in [6.45, 7) is 0.548. The van der Waals surface area contributed by atoms with Crippen LogP contribution >= 0.6 is 11.3 Å². The van der Waals surface area contributed by atoms with Crippen LogP contribution in [0.1, 0.15) is 5.56 Å². The van der Waals surface area contributed by atoms with Crippen LogP contribution in [-0.4, -0.2) is 9.97 Å². The van der Waals surface area contributed by atoms with E-state index in [-0.39, 0.29) is 0 Å². The zero-order valence-corrected chi connectivity index (χ0v) is 7.70. The van der Waals surface area contributed by atoms with Gasteiger partial charge in [0.1, 0.15) is 6.61 Å². The van der Waals surface area contributed by atoms with Gasteiger partial charge in [0, 0.05) is 12.4 Å². The van der Waals surface area contributed by atoms with Crippen molar-refractivity contribution in [3.05, 3.63) is 41.0 Å². The molecule has 0 aromatic carbocycles. The van der Waals surface area contributed by atoms with E-state index in [0.717, 1.165) is 5.56 Å². The third kappa shape index (κ3) is 2.26. The van der Waals surface area contributed by atoms with Gasteiger partial charge in [0.25, 0.3) is 0 Å². The van der Waals surface area contributed by atoms with E-state index in [4.69, 9.17) is 4.74 Å². The SMILES string of the molecule is c1cc(COc2cscn2)ccn1. The molecule has 0 aliphatic carbocycles. The number of hydrogen-bond acceptors (Lipinski definition) is 4. The number of ether oxygens (including phenoxy) is 1. The highest BCUT2D eigenvalue weighted by molar-refractivity contribution is 7.07. The lowest BCUT2D eigenvalue weighted by molar-refractivity contribution is 0.296. The van der Waals surface area contributed by atoms with Crippen molar-refractivity contribution in [3.63, 3.8) is 0 Å². The van der Waals surface area contributed by atoms with Crippen LogP contribution in [0, 0.1) is 0 Å². The van der Waals surface area contributed by atoms with Crippen molar-refractivity contribution in [3.8, 4) is 5.88 Å². The summed E-state index contributed by atoms with van der Waals surface area (Å²) in [5.74, 6) is 0.682. The largest absolute Gasteiger partial charge is 0.472 e. The quantitative estimate of drug-likeness (QED) is 0.747. The fourth-order valence-electron chi connectivity index (χ4n) is 0.909. The Kier molecular flexibility index (Phi) is 2.52. The summed E-state index contributed by atoms with van der Waals surface area (Å²) in [5.41, 5.74) is 2.85. The Hall–Kier alpha value is -1.42. The third-order valence-corrected chi connectivity index (χ3v) is 2.11. The van der Waals surface area contributed by atoms with E-state index in [9.17, 15) is 0 Å². The number of nitrogens with zero attached hydrogens (tertiary/aromatic N) is 2. The second-order valence-electron chi connectivity index (χ2n) is 2.47. The molecular formula is C9H8N2OS. The maximum absolute atomic E-state index is 5.40. The van der Waals surface area contributed by atoms with Crippen molar-refractivity contribution in [2.24, 2.45) is 0 Å². The van der Waals surface area contributed by atoms with Gasteiger partial charge in [-0.2, -0.15) is 0 Å². The first-order valence-corrected chi connectivity index (χ1v) is 4.79. The highest BCUT2D eigenvalue weighted by Crippen LogP contribution is 2.11. The predicted octanol–water partition coefficient (Wildman–Crippen LogP) is 2.12. The number of aromatic nitrogens is 2. The standard InChI is InChI=1S/C9H8N2OS/c1-3-10-4-2-8(1)5-12-9-6-13-7-11-9/h1-4,6-7H,5H2. The van der Waals surface area contributed by atoms with Gasteiger partial charge in [-0.05, 0) is 17.7 Å². The second-order valence-corrected chi connectivity index (χ2v) is 3.19. The minimum atomic E-state index is 0.548. The summed E-state index contributed by atoms with van der Waals surface area (Å²) in [5, 5.41) is 1.88. The second kappa shape index (κ2) is 4.00. The van der Waals surface area contributed by atoms with Crippen molar-refractivity contribution in [1.82, 2.24) is 9.97 Å². The molecule has 0 aliphatic rings. The van der Waals surface area contributed by atoms with Gasteiger partial charge in [0.05, 0.1) is 10.9 Å². The fourth-order valence-corrected chi connectivity index (χ4v) is 1.38. The van der Waals surface area contributed by atoms with Crippen molar-refractivity contribution in [2.45, 2.75) is 6.61 Å². The van der Waals surface area contributed by atoms with E-state index in [2.05, 4.69) is 9.97 Å². The zero-order chi connectivity index (χ0) is 8.93. The van der Waals surface area contributed by atoms with Gasteiger partial charge in [-0.15, -0.1) is 11.3 Å². The Bertz CT molecular complexity index is 347. The zero-order valence-electron chi connectivity index (χ0n) is 6.88. The molecule has 0 aliphatic heterocycles. The van der Waals surface area contributed by atoms with Crippen molar-refractivity contribution >= 4 is 11.3 Å². The molecule has 2 aromatic heterocycles. The van der Waals surface area contributed by atoms with E-state index >= 15 is 0 Å². The molecule has 2 heterocycles. The summed E-state index contributed by atoms with van der Waals surface area (Å²) in [4.78, 5) is 7.93. The maximum Gasteiger partial charge on any atom is 0.224 e. The first-order chi connectivity index (χ1) is 6.45. The minimum Gasteiger partial charge on any atom is -0.472 e. The highest BCUT2D eigenvalue weighted by atomic mass is 32.1. The molecule has 3 nitrogen and oxygen atoms in total. The lowest BCUT2D eigenvalue weighted by atomic mass is 10.3. The first kappa shape index (κ1) is 8.19. The van der Waals surface area contributed by atoms with E-state index < -0.39 is 0 Å². The maximum atomic E-state index is 5.40. The number of rotatable bonds is 3. The summed E-state index contributed by atoms with van der Waals surface area (Å²) in [6, 6.07) is 3.85. The monoisotopic (exact) mass is 192 g/mol. The molecule has 0 amide bonds. The highest BCUT2D eigenvalue weighted by Gasteiger charge is 1.95. The van der Waals surface area contributed by atoms with Gasteiger partial charge in [-0.25, -0.2) is 4.98 Å². The van der Waals surface area contributed by atoms with Gasteiger partial charge >= 0.3 is 0 Å². The van der Waals surface area contributed by atoms with Crippen LogP contribution in [0.5, 0.6) is 5.88 Å². The molecular weight excluding hydrogens is 184 g/mol. The van der Waals surface area contributed by atoms with Crippen LogP contribution in [0.2, 0.25) is 0 Å². The molecule has 0 radical (unpaired) electrons. The first-order valence-electron chi connectivity index (χ1n) is 3.85. The lowest BCUT2D eigenvalue weighted by Crippen LogP contribution is -1.94. The molecule has 2 rings (SSSR count). The Balaban J connectivity index is 1.94. The molecule has 0 saturated heterocycles. The average molecular weight is 192 g/mol. The Morgan fingerprint density at radius 3 is 2.85 bits per heavy atom. The fraction of sp³-hybridized carbons (Fsp3) is 0.111. The third-order valence-electron chi connectivity index (χ3n) is 1.55. The molecule has 0 spiro atoms. The Morgan fingerprint density at radius 1 is 1.31 bits per heavy atom. The van der Waals surface area contributed by atoms with Crippen LogP contribution < -0.4 is 4.74 Å². The molecule has 0 atom stereocenters. The summed E-state index contributed by atoms with van der Waals surface area (Å²) < 4.78 is 5.40. The number of pyridine rings is 1. The Labute approximate surface area is 80.0 Å². The normalized spacial score (nSPS) is 9.85. The smallest absolute Gasteiger partial charge is 0.224 e. The predicted molar refractivity (Wildman–Crippen MR) is 50.7 cm³/mol. The van der Waals surface area contributed by atoms with Crippen LogP contribution in [0.25, 0.3) is 0 Å². The topological polar surface area (TPSA) is 35.0 Å². The molecule has 0 bridgehead atoms. The minimum absolute atomic E-state index is 0.548. The average Bonchev–Trinajstić information content (AvgIpc) is 2.69. The van der Waals surface area contributed by atoms with Crippen molar-refractivity contribution < 1.29 is 4.74 Å². The van der Waals surface area contributed by atoms with Crippen molar-refractivity contribution in [1.29, 1.82) is 0 Å². The van der Waals surface area contributed by atoms with E-state index in [0.29, 0.717) is 12.5 Å². The van der Waals surface area contributed by atoms with Crippen LogP contribution in [0.4, 0.5) is 0 Å². The van der Waals surface area contributed by atoms with Crippen LogP contribution in [0.15, 0.2) is 35.4 Å². The summed E-state index contributed by atoms with van der Waals surface area (Å²) >= 11 is 1.53. The van der Waals surface area contributed by atoms with Gasteiger partial charge in [-0.3, -0.25) is 4.98 Å². The van der Waals surface area contributed by atoms with Gasteiger partial charge < -0.3 is 4.74 Å². The van der Waals surface area contributed by atoms with E-state index in [1.807, 2.05) is 17.5 Å². The molecule has 0 saturated carbocycles. The van der Waals surface area contributed by atoms with Gasteiger partial charge in [0.2, 0.25) is 5.88 Å². The molecule has 2 aromatic rings. The van der Waals surface area contributed by atoms with Crippen LogP contribution in [-0.2, 0) is 6.61 Å². The van der Waals surface area contributed by atoms with E-state index in [1.165, 1.54) is 11.3 Å².